The second-order valence-corrected chi connectivity index (χ2v) is 8.63. The van der Waals surface area contributed by atoms with Crippen LogP contribution in [0, 0.1) is 12.3 Å². The highest BCUT2D eigenvalue weighted by Crippen LogP contribution is 2.42. The zero-order chi connectivity index (χ0) is 17.8. The van der Waals surface area contributed by atoms with Crippen LogP contribution in [0.2, 0.25) is 0 Å². The molecular weight excluding hydrogens is 338 g/mol. The summed E-state index contributed by atoms with van der Waals surface area (Å²) < 4.78 is 7.39. The molecule has 1 unspecified atom stereocenters. The van der Waals surface area contributed by atoms with Gasteiger partial charge < -0.3 is 9.73 Å². The summed E-state index contributed by atoms with van der Waals surface area (Å²) in [7, 11) is 0. The predicted molar refractivity (Wildman–Crippen MR) is 95.0 cm³/mol. The number of nitrogens with zero attached hydrogens (tertiary/aromatic N) is 2. The second-order valence-electron chi connectivity index (χ2n) is 7.57. The smallest absolute Gasteiger partial charge is 0.267 e. The Hall–Kier alpha value is -2.02. The molecule has 4 rings (SSSR count). The summed E-state index contributed by atoms with van der Waals surface area (Å²) in [6, 6.07) is 1.83. The Morgan fingerprint density at radius 1 is 1.48 bits per heavy atom. The molecule has 0 spiro atoms. The zero-order valence-electron chi connectivity index (χ0n) is 14.6. The van der Waals surface area contributed by atoms with Crippen LogP contribution in [0.5, 0.6) is 0 Å². The third kappa shape index (κ3) is 2.90. The predicted octanol–water partition coefficient (Wildman–Crippen LogP) is 2.69. The number of hydrogen-bond acceptors (Lipinski definition) is 5. The first-order valence-corrected chi connectivity index (χ1v) is 9.45. The molecule has 0 radical (unpaired) electrons. The molecule has 132 valence electrons. The molecule has 2 aromatic rings. The monoisotopic (exact) mass is 359 g/mol. The first kappa shape index (κ1) is 16.4. The molecule has 0 fully saturated rings. The molecule has 2 aliphatic rings. The first-order valence-electron chi connectivity index (χ1n) is 8.47. The van der Waals surface area contributed by atoms with Gasteiger partial charge in [-0.05, 0) is 24.8 Å². The third-order valence-corrected chi connectivity index (χ3v) is 5.81. The van der Waals surface area contributed by atoms with Gasteiger partial charge in [-0.1, -0.05) is 25.6 Å². The lowest BCUT2D eigenvalue weighted by Gasteiger charge is -2.34. The van der Waals surface area contributed by atoms with Crippen molar-refractivity contribution in [3.05, 3.63) is 45.3 Å². The van der Waals surface area contributed by atoms with E-state index < -0.39 is 0 Å². The molecule has 1 aliphatic heterocycles. The summed E-state index contributed by atoms with van der Waals surface area (Å²) in [5, 5.41) is 3.72. The van der Waals surface area contributed by atoms with Gasteiger partial charge in [0.05, 0.1) is 6.04 Å². The minimum atomic E-state index is -0.364. The van der Waals surface area contributed by atoms with Crippen molar-refractivity contribution in [3.63, 3.8) is 0 Å². The highest BCUT2D eigenvalue weighted by atomic mass is 32.2. The number of rotatable bonds is 2. The number of thioether (sulfide) groups is 1. The van der Waals surface area contributed by atoms with Crippen LogP contribution < -0.4 is 10.9 Å². The van der Waals surface area contributed by atoms with Crippen LogP contribution in [-0.2, 0) is 13.0 Å². The number of hydrogen-bond donors (Lipinski definition) is 1. The molecule has 25 heavy (non-hydrogen) atoms. The van der Waals surface area contributed by atoms with E-state index in [0.29, 0.717) is 11.7 Å². The van der Waals surface area contributed by atoms with Crippen LogP contribution in [-0.4, -0.2) is 21.2 Å². The number of aromatic nitrogens is 2. The van der Waals surface area contributed by atoms with E-state index in [-0.39, 0.29) is 28.5 Å². The Kier molecular flexibility index (Phi) is 3.79. The van der Waals surface area contributed by atoms with Crippen molar-refractivity contribution in [1.82, 2.24) is 14.9 Å². The first-order chi connectivity index (χ1) is 11.8. The van der Waals surface area contributed by atoms with Gasteiger partial charge >= 0.3 is 0 Å². The summed E-state index contributed by atoms with van der Waals surface area (Å²) >= 11 is 1.54. The highest BCUT2D eigenvalue weighted by molar-refractivity contribution is 7.99. The van der Waals surface area contributed by atoms with E-state index in [9.17, 15) is 9.59 Å². The minimum absolute atomic E-state index is 0.0249. The summed E-state index contributed by atoms with van der Waals surface area (Å²) in [5.74, 6) is 2.23. The molecule has 0 bridgehead atoms. The quantitative estimate of drug-likeness (QED) is 0.834. The van der Waals surface area contributed by atoms with Crippen molar-refractivity contribution in [2.75, 3.05) is 5.75 Å². The number of carbonyl (C=O) groups excluding carboxylic acids is 1. The zero-order valence-corrected chi connectivity index (χ0v) is 15.4. The van der Waals surface area contributed by atoms with Crippen molar-refractivity contribution < 1.29 is 9.21 Å². The molecule has 2 aromatic heterocycles. The van der Waals surface area contributed by atoms with Crippen LogP contribution in [0.3, 0.4) is 0 Å². The molecule has 3 heterocycles. The van der Waals surface area contributed by atoms with Crippen LogP contribution in [0.4, 0.5) is 0 Å². The van der Waals surface area contributed by atoms with E-state index in [1.54, 1.807) is 4.57 Å². The molecule has 0 saturated heterocycles. The average Bonchev–Trinajstić information content (AvgIpc) is 3.12. The summed E-state index contributed by atoms with van der Waals surface area (Å²) in [6.07, 6.45) is 3.06. The fourth-order valence-electron chi connectivity index (χ4n) is 3.72. The van der Waals surface area contributed by atoms with Gasteiger partial charge in [-0.25, -0.2) is 4.98 Å². The summed E-state index contributed by atoms with van der Waals surface area (Å²) in [4.78, 5) is 29.6. The molecule has 0 aromatic carbocycles. The number of carbonyl (C=O) groups is 1. The van der Waals surface area contributed by atoms with Crippen LogP contribution in [0.15, 0.2) is 26.6 Å². The third-order valence-electron chi connectivity index (χ3n) is 4.84. The largest absolute Gasteiger partial charge is 0.466 e. The molecule has 1 N–H and O–H groups in total. The highest BCUT2D eigenvalue weighted by Gasteiger charge is 2.36. The minimum Gasteiger partial charge on any atom is -0.466 e. The molecule has 6 nitrogen and oxygen atoms in total. The van der Waals surface area contributed by atoms with Gasteiger partial charge in [0, 0.05) is 30.5 Å². The molecule has 1 amide bonds. The van der Waals surface area contributed by atoms with Gasteiger partial charge in [-0.3, -0.25) is 14.2 Å². The fraction of sp³-hybridized carbons (Fsp3) is 0.500. The van der Waals surface area contributed by atoms with Gasteiger partial charge in [0.1, 0.15) is 17.1 Å². The number of amides is 1. The number of aryl methyl sites for hydroxylation is 1. The fourth-order valence-corrected chi connectivity index (χ4v) is 4.64. The van der Waals surface area contributed by atoms with Crippen molar-refractivity contribution in [2.24, 2.45) is 5.41 Å². The van der Waals surface area contributed by atoms with E-state index in [2.05, 4.69) is 24.1 Å². The Morgan fingerprint density at radius 2 is 2.28 bits per heavy atom. The van der Waals surface area contributed by atoms with Crippen molar-refractivity contribution in [1.29, 1.82) is 0 Å². The molecule has 1 atom stereocenters. The van der Waals surface area contributed by atoms with Crippen LogP contribution in [0.25, 0.3) is 0 Å². The van der Waals surface area contributed by atoms with Gasteiger partial charge in [-0.15, -0.1) is 0 Å². The van der Waals surface area contributed by atoms with Gasteiger partial charge in [0.2, 0.25) is 0 Å². The van der Waals surface area contributed by atoms with E-state index >= 15 is 0 Å². The second kappa shape index (κ2) is 5.76. The van der Waals surface area contributed by atoms with Crippen LogP contribution >= 0.6 is 11.8 Å². The number of furan rings is 1. The summed E-state index contributed by atoms with van der Waals surface area (Å²) in [6.45, 7) is 6.85. The lowest BCUT2D eigenvalue weighted by Crippen LogP contribution is -2.39. The lowest BCUT2D eigenvalue weighted by atomic mass is 9.74. The molecule has 7 heteroatoms. The molecule has 1 aliphatic carbocycles. The Labute approximate surface area is 150 Å². The van der Waals surface area contributed by atoms with E-state index in [0.717, 1.165) is 35.7 Å². The SMILES string of the molecule is Cc1cc2c(o1)CC(C)(C)CC2NC(=O)c1cnc2n(c1=O)CCS2. The maximum atomic E-state index is 12.8. The maximum absolute atomic E-state index is 12.8. The molecule has 0 saturated carbocycles. The lowest BCUT2D eigenvalue weighted by molar-refractivity contribution is 0.0914. The van der Waals surface area contributed by atoms with Gasteiger partial charge in [0.25, 0.3) is 11.5 Å². The number of nitrogens with one attached hydrogen (secondary N) is 1. The van der Waals surface area contributed by atoms with E-state index in [1.807, 2.05) is 13.0 Å². The van der Waals surface area contributed by atoms with Crippen LogP contribution in [0.1, 0.15) is 53.8 Å². The standard InChI is InChI=1S/C18H21N3O3S/c1-10-6-11-13(7-18(2,3)8-14(11)24-10)20-15(22)12-9-19-17-21(16(12)23)4-5-25-17/h6,9,13H,4-5,7-8H2,1-3H3,(H,20,22). The normalized spacial score (nSPS) is 20.8. The van der Waals surface area contributed by atoms with Crippen molar-refractivity contribution >= 4 is 17.7 Å². The Bertz CT molecular complexity index is 913. The maximum Gasteiger partial charge on any atom is 0.267 e. The van der Waals surface area contributed by atoms with Gasteiger partial charge in [0.15, 0.2) is 5.16 Å². The Balaban J connectivity index is 1.64. The average molecular weight is 359 g/mol. The van der Waals surface area contributed by atoms with Crippen molar-refractivity contribution in [2.45, 2.75) is 51.4 Å². The summed E-state index contributed by atoms with van der Waals surface area (Å²) in [5.41, 5.74) is 0.898. The van der Waals surface area contributed by atoms with E-state index in [1.165, 1.54) is 18.0 Å². The Morgan fingerprint density at radius 3 is 3.08 bits per heavy atom. The molecular formula is C18H21N3O3S. The van der Waals surface area contributed by atoms with Crippen molar-refractivity contribution in [3.8, 4) is 0 Å². The topological polar surface area (TPSA) is 77.1 Å². The number of fused-ring (bicyclic) bond motifs is 2. The van der Waals surface area contributed by atoms with E-state index in [4.69, 9.17) is 4.42 Å². The van der Waals surface area contributed by atoms with Gasteiger partial charge in [-0.2, -0.15) is 0 Å².